The molecule has 104 valence electrons. The fraction of sp³-hybridized carbons (Fsp3) is 0.769. The fourth-order valence-electron chi connectivity index (χ4n) is 2.11. The highest BCUT2D eigenvalue weighted by atomic mass is 16.3. The molecule has 0 radical (unpaired) electrons. The second-order valence-electron chi connectivity index (χ2n) is 4.85. The Balaban J connectivity index is 2.84. The maximum Gasteiger partial charge on any atom is 0.131 e. The average Bonchev–Trinajstić information content (AvgIpc) is 2.58. The lowest BCUT2D eigenvalue weighted by Crippen LogP contribution is -2.26. The first-order valence-electron chi connectivity index (χ1n) is 6.59. The van der Waals surface area contributed by atoms with Crippen LogP contribution in [0.3, 0.4) is 0 Å². The smallest absolute Gasteiger partial charge is 0.131 e. The van der Waals surface area contributed by atoms with Crippen LogP contribution in [-0.4, -0.2) is 41.1 Å². The van der Waals surface area contributed by atoms with Crippen molar-refractivity contribution in [3.63, 3.8) is 0 Å². The van der Waals surface area contributed by atoms with Gasteiger partial charge in [0.15, 0.2) is 0 Å². The molecule has 0 amide bonds. The van der Waals surface area contributed by atoms with Gasteiger partial charge in [-0.05, 0) is 26.8 Å². The predicted octanol–water partition coefficient (Wildman–Crippen LogP) is 1.05. The quantitative estimate of drug-likeness (QED) is 0.763. The third kappa shape index (κ3) is 3.71. The molecule has 0 aliphatic heterocycles. The largest absolute Gasteiger partial charge is 0.393 e. The third-order valence-electron chi connectivity index (χ3n) is 3.11. The van der Waals surface area contributed by atoms with E-state index in [1.165, 1.54) is 5.56 Å². The minimum atomic E-state index is -0.265. The van der Waals surface area contributed by atoms with E-state index in [-0.39, 0.29) is 6.10 Å². The number of anilines is 1. The third-order valence-corrected chi connectivity index (χ3v) is 3.11. The minimum absolute atomic E-state index is 0.265. The number of rotatable bonds is 7. The van der Waals surface area contributed by atoms with Gasteiger partial charge in [0.2, 0.25) is 0 Å². The molecule has 0 fully saturated rings. The molecule has 0 aliphatic carbocycles. The molecule has 1 rings (SSSR count). The maximum atomic E-state index is 9.37. The number of nitrogens with one attached hydrogen (secondary N) is 1. The lowest BCUT2D eigenvalue weighted by atomic mass is 10.2. The van der Waals surface area contributed by atoms with Crippen LogP contribution in [0.4, 0.5) is 5.82 Å². The Kier molecular flexibility index (Phi) is 5.62. The van der Waals surface area contributed by atoms with Crippen molar-refractivity contribution in [1.82, 2.24) is 15.1 Å². The highest BCUT2D eigenvalue weighted by molar-refractivity contribution is 5.49. The lowest BCUT2D eigenvalue weighted by Gasteiger charge is -2.22. The summed E-state index contributed by atoms with van der Waals surface area (Å²) in [5.41, 5.74) is 2.31. The number of hydrogen-bond donors (Lipinski definition) is 2. The highest BCUT2D eigenvalue weighted by Gasteiger charge is 2.16. The Morgan fingerprint density at radius 2 is 2.17 bits per heavy atom. The molecule has 1 atom stereocenters. The van der Waals surface area contributed by atoms with Crippen molar-refractivity contribution in [1.29, 1.82) is 0 Å². The first-order chi connectivity index (χ1) is 8.47. The molecule has 1 heterocycles. The summed E-state index contributed by atoms with van der Waals surface area (Å²) in [5.74, 6) is 1.13. The zero-order chi connectivity index (χ0) is 13.7. The maximum absolute atomic E-state index is 9.37. The van der Waals surface area contributed by atoms with Gasteiger partial charge in [-0.3, -0.25) is 4.68 Å². The monoisotopic (exact) mass is 254 g/mol. The van der Waals surface area contributed by atoms with Gasteiger partial charge in [-0.25, -0.2) is 0 Å². The summed E-state index contributed by atoms with van der Waals surface area (Å²) in [6.45, 7) is 8.58. The van der Waals surface area contributed by atoms with Gasteiger partial charge in [-0.1, -0.05) is 6.92 Å². The van der Waals surface area contributed by atoms with E-state index in [2.05, 4.69) is 22.2 Å². The van der Waals surface area contributed by atoms with E-state index in [9.17, 15) is 5.11 Å². The number of aliphatic hydroxyl groups excluding tert-OH is 1. The average molecular weight is 254 g/mol. The van der Waals surface area contributed by atoms with Crippen LogP contribution in [0, 0.1) is 6.92 Å². The molecule has 18 heavy (non-hydrogen) atoms. The van der Waals surface area contributed by atoms with Crippen LogP contribution in [0.5, 0.6) is 0 Å². The zero-order valence-corrected chi connectivity index (χ0v) is 12.2. The first kappa shape index (κ1) is 15.0. The Hall–Kier alpha value is -1.07. The molecule has 0 spiro atoms. The van der Waals surface area contributed by atoms with Gasteiger partial charge < -0.3 is 15.3 Å². The second kappa shape index (κ2) is 6.75. The molecule has 5 heteroatoms. The van der Waals surface area contributed by atoms with Crippen molar-refractivity contribution >= 4 is 5.82 Å². The van der Waals surface area contributed by atoms with E-state index >= 15 is 0 Å². The van der Waals surface area contributed by atoms with Crippen LogP contribution in [0.25, 0.3) is 0 Å². The topological polar surface area (TPSA) is 53.3 Å². The van der Waals surface area contributed by atoms with E-state index in [1.807, 2.05) is 32.6 Å². The molecule has 1 aromatic rings. The molecule has 0 saturated heterocycles. The Bertz CT molecular complexity index is 373. The van der Waals surface area contributed by atoms with Gasteiger partial charge in [0.25, 0.3) is 0 Å². The predicted molar refractivity (Wildman–Crippen MR) is 74.9 cm³/mol. The van der Waals surface area contributed by atoms with E-state index in [4.69, 9.17) is 0 Å². The van der Waals surface area contributed by atoms with Crippen LogP contribution in [0.2, 0.25) is 0 Å². The van der Waals surface area contributed by atoms with Crippen molar-refractivity contribution in [2.75, 3.05) is 25.0 Å². The number of aromatic nitrogens is 2. The number of nitrogens with zero attached hydrogens (tertiary/aromatic N) is 3. The fourth-order valence-corrected chi connectivity index (χ4v) is 2.11. The molecule has 0 bridgehead atoms. The summed E-state index contributed by atoms with van der Waals surface area (Å²) in [6, 6.07) is 0. The van der Waals surface area contributed by atoms with Crippen LogP contribution < -0.4 is 10.2 Å². The first-order valence-corrected chi connectivity index (χ1v) is 6.59. The van der Waals surface area contributed by atoms with Crippen molar-refractivity contribution < 1.29 is 5.11 Å². The van der Waals surface area contributed by atoms with Crippen LogP contribution >= 0.6 is 0 Å². The van der Waals surface area contributed by atoms with Gasteiger partial charge in [0.1, 0.15) is 5.82 Å². The molecule has 1 unspecified atom stereocenters. The molecular weight excluding hydrogens is 228 g/mol. The van der Waals surface area contributed by atoms with E-state index in [1.54, 1.807) is 0 Å². The standard InChI is InChI=1S/C13H26N4O/c1-6-14-9-12-11(3)15-17(5)13(12)16(4)8-7-10(2)18/h10,14,18H,6-9H2,1-5H3. The van der Waals surface area contributed by atoms with Crippen molar-refractivity contribution in [3.05, 3.63) is 11.3 Å². The SMILES string of the molecule is CCNCc1c(C)nn(C)c1N(C)CCC(C)O. The van der Waals surface area contributed by atoms with Crippen LogP contribution in [0.1, 0.15) is 31.5 Å². The van der Waals surface area contributed by atoms with Gasteiger partial charge in [-0.2, -0.15) is 5.10 Å². The van der Waals surface area contributed by atoms with E-state index < -0.39 is 0 Å². The summed E-state index contributed by atoms with van der Waals surface area (Å²) < 4.78 is 1.92. The summed E-state index contributed by atoms with van der Waals surface area (Å²) in [7, 11) is 4.02. The lowest BCUT2D eigenvalue weighted by molar-refractivity contribution is 0.186. The van der Waals surface area contributed by atoms with Gasteiger partial charge >= 0.3 is 0 Å². The molecule has 0 saturated carbocycles. The van der Waals surface area contributed by atoms with Gasteiger partial charge in [0.05, 0.1) is 11.8 Å². The number of aryl methyl sites for hydroxylation is 2. The van der Waals surface area contributed by atoms with Gasteiger partial charge in [-0.15, -0.1) is 0 Å². The minimum Gasteiger partial charge on any atom is -0.393 e. The van der Waals surface area contributed by atoms with Crippen LogP contribution in [-0.2, 0) is 13.6 Å². The molecular formula is C13H26N4O. The molecule has 1 aromatic heterocycles. The van der Waals surface area contributed by atoms with Crippen molar-refractivity contribution in [3.8, 4) is 0 Å². The van der Waals surface area contributed by atoms with E-state index in [0.717, 1.165) is 37.6 Å². The highest BCUT2D eigenvalue weighted by Crippen LogP contribution is 2.22. The summed E-state index contributed by atoms with van der Waals surface area (Å²) in [4.78, 5) is 2.17. The van der Waals surface area contributed by atoms with E-state index in [0.29, 0.717) is 0 Å². The molecule has 2 N–H and O–H groups in total. The summed E-state index contributed by atoms with van der Waals surface area (Å²) in [6.07, 6.45) is 0.500. The normalized spacial score (nSPS) is 12.8. The Labute approximate surface area is 110 Å². The summed E-state index contributed by atoms with van der Waals surface area (Å²) in [5, 5.41) is 17.2. The number of aliphatic hydroxyl groups is 1. The van der Waals surface area contributed by atoms with Crippen molar-refractivity contribution in [2.24, 2.45) is 7.05 Å². The molecule has 5 nitrogen and oxygen atoms in total. The zero-order valence-electron chi connectivity index (χ0n) is 12.2. The molecule has 0 aromatic carbocycles. The Morgan fingerprint density at radius 3 is 2.72 bits per heavy atom. The summed E-state index contributed by atoms with van der Waals surface area (Å²) >= 11 is 0. The molecule has 0 aliphatic rings. The van der Waals surface area contributed by atoms with Crippen LogP contribution in [0.15, 0.2) is 0 Å². The second-order valence-corrected chi connectivity index (χ2v) is 4.85. The van der Waals surface area contributed by atoms with Crippen molar-refractivity contribution in [2.45, 2.75) is 39.8 Å². The Morgan fingerprint density at radius 1 is 1.50 bits per heavy atom. The number of hydrogen-bond acceptors (Lipinski definition) is 4. The van der Waals surface area contributed by atoms with Gasteiger partial charge in [0, 0.05) is 32.7 Å².